The Morgan fingerprint density at radius 3 is 2.30 bits per heavy atom. The van der Waals surface area contributed by atoms with E-state index in [0.717, 1.165) is 36.4 Å². The molecule has 3 rings (SSSR count). The van der Waals surface area contributed by atoms with Gasteiger partial charge in [0, 0.05) is 20.1 Å². The number of halogens is 2. The first-order valence-electron chi connectivity index (χ1n) is 6.25. The summed E-state index contributed by atoms with van der Waals surface area (Å²) in [5, 5.41) is 12.5. The molecule has 3 aromatic rings. The van der Waals surface area contributed by atoms with Crippen LogP contribution in [0.4, 0.5) is 0 Å². The zero-order valence-corrected chi connectivity index (χ0v) is 14.0. The third-order valence-corrected chi connectivity index (χ3v) is 5.03. The molecule has 0 fully saturated rings. The van der Waals surface area contributed by atoms with Gasteiger partial charge in [-0.25, -0.2) is 0 Å². The van der Waals surface area contributed by atoms with Gasteiger partial charge in [-0.05, 0) is 41.5 Å². The fourth-order valence-corrected chi connectivity index (χ4v) is 3.44. The van der Waals surface area contributed by atoms with Crippen molar-refractivity contribution < 1.29 is 5.11 Å². The Kier molecular flexibility index (Phi) is 3.57. The van der Waals surface area contributed by atoms with Gasteiger partial charge in [0.25, 0.3) is 0 Å². The fraction of sp³-hybridized carbons (Fsp3) is 0.0588. The molecule has 20 heavy (non-hydrogen) atoms. The molecule has 0 spiro atoms. The summed E-state index contributed by atoms with van der Waals surface area (Å²) in [6, 6.07) is 15.8. The molecule has 0 aromatic heterocycles. The van der Waals surface area contributed by atoms with Crippen LogP contribution in [0.5, 0.6) is 5.75 Å². The van der Waals surface area contributed by atoms with Crippen LogP contribution in [0.15, 0.2) is 57.5 Å². The summed E-state index contributed by atoms with van der Waals surface area (Å²) in [6.45, 7) is 2.05. The molecule has 0 aliphatic rings. The van der Waals surface area contributed by atoms with E-state index in [4.69, 9.17) is 0 Å². The highest BCUT2D eigenvalue weighted by atomic mass is 79.9. The summed E-state index contributed by atoms with van der Waals surface area (Å²) in [6.07, 6.45) is 0. The number of phenolic OH excluding ortho intramolecular Hbond substituents is 1. The van der Waals surface area contributed by atoms with Crippen molar-refractivity contribution >= 4 is 42.6 Å². The third-order valence-electron chi connectivity index (χ3n) is 3.51. The second-order valence-corrected chi connectivity index (χ2v) is 6.42. The minimum absolute atomic E-state index is 0.297. The molecule has 3 heteroatoms. The zero-order chi connectivity index (χ0) is 14.3. The first-order valence-corrected chi connectivity index (χ1v) is 7.84. The molecular weight excluding hydrogens is 380 g/mol. The first-order chi connectivity index (χ1) is 9.59. The van der Waals surface area contributed by atoms with Crippen LogP contribution in [0.1, 0.15) is 5.56 Å². The van der Waals surface area contributed by atoms with Crippen molar-refractivity contribution in [3.63, 3.8) is 0 Å². The summed E-state index contributed by atoms with van der Waals surface area (Å²) in [5.41, 5.74) is 2.99. The van der Waals surface area contributed by atoms with Gasteiger partial charge in [-0.15, -0.1) is 0 Å². The molecule has 0 aliphatic carbocycles. The van der Waals surface area contributed by atoms with E-state index < -0.39 is 0 Å². The van der Waals surface area contributed by atoms with E-state index in [-0.39, 0.29) is 0 Å². The zero-order valence-electron chi connectivity index (χ0n) is 10.8. The summed E-state index contributed by atoms with van der Waals surface area (Å²) in [7, 11) is 0. The van der Waals surface area contributed by atoms with Crippen molar-refractivity contribution in [2.24, 2.45) is 0 Å². The molecule has 0 saturated carbocycles. The normalized spacial score (nSPS) is 10.9. The van der Waals surface area contributed by atoms with Gasteiger partial charge in [0.15, 0.2) is 0 Å². The molecule has 100 valence electrons. The van der Waals surface area contributed by atoms with Crippen molar-refractivity contribution in [1.82, 2.24) is 0 Å². The van der Waals surface area contributed by atoms with E-state index in [0.29, 0.717) is 5.75 Å². The van der Waals surface area contributed by atoms with Crippen LogP contribution in [0.2, 0.25) is 0 Å². The summed E-state index contributed by atoms with van der Waals surface area (Å²) < 4.78 is 2.01. The molecule has 0 unspecified atom stereocenters. The van der Waals surface area contributed by atoms with Crippen molar-refractivity contribution in [2.75, 3.05) is 0 Å². The third kappa shape index (κ3) is 2.15. The minimum atomic E-state index is 0.297. The Morgan fingerprint density at radius 1 is 0.800 bits per heavy atom. The van der Waals surface area contributed by atoms with Crippen molar-refractivity contribution in [3.05, 3.63) is 63.0 Å². The minimum Gasteiger partial charge on any atom is -0.507 e. The molecule has 0 amide bonds. The van der Waals surface area contributed by atoms with E-state index >= 15 is 0 Å². The van der Waals surface area contributed by atoms with Crippen molar-refractivity contribution in [3.8, 4) is 16.9 Å². The predicted molar refractivity (Wildman–Crippen MR) is 91.2 cm³/mol. The quantitative estimate of drug-likeness (QED) is 0.535. The van der Waals surface area contributed by atoms with Gasteiger partial charge in [-0.2, -0.15) is 0 Å². The molecule has 0 saturated heterocycles. The van der Waals surface area contributed by atoms with Gasteiger partial charge < -0.3 is 5.11 Å². The lowest BCUT2D eigenvalue weighted by molar-refractivity contribution is 0.478. The Bertz CT molecular complexity index is 809. The highest BCUT2D eigenvalue weighted by Gasteiger charge is 2.16. The summed E-state index contributed by atoms with van der Waals surface area (Å²) in [5.74, 6) is 0.297. The van der Waals surface area contributed by atoms with E-state index in [1.165, 1.54) is 0 Å². The first kappa shape index (κ1) is 13.7. The standard InChI is InChI=1S/C17H12Br2O/c1-10-13(18)7-8-14(19)16(10)17-12-5-3-2-4-11(12)6-9-15(17)20/h2-9,20H,1H3. The second kappa shape index (κ2) is 5.23. The van der Waals surface area contributed by atoms with Gasteiger partial charge in [0.1, 0.15) is 5.75 Å². The lowest BCUT2D eigenvalue weighted by Gasteiger charge is -2.15. The van der Waals surface area contributed by atoms with E-state index in [9.17, 15) is 5.11 Å². The van der Waals surface area contributed by atoms with Crippen LogP contribution in [0.3, 0.4) is 0 Å². The predicted octanol–water partition coefficient (Wildman–Crippen LogP) is 6.05. The molecule has 3 aromatic carbocycles. The summed E-state index contributed by atoms with van der Waals surface area (Å²) >= 11 is 7.17. The largest absolute Gasteiger partial charge is 0.507 e. The number of benzene rings is 3. The number of hydrogen-bond donors (Lipinski definition) is 1. The Balaban J connectivity index is 2.47. The van der Waals surface area contributed by atoms with E-state index in [2.05, 4.69) is 37.9 Å². The topological polar surface area (TPSA) is 20.2 Å². The van der Waals surface area contributed by atoms with E-state index in [1.807, 2.05) is 43.3 Å². The lowest BCUT2D eigenvalue weighted by atomic mass is 9.94. The van der Waals surface area contributed by atoms with Gasteiger partial charge in [-0.1, -0.05) is 62.2 Å². The number of fused-ring (bicyclic) bond motifs is 1. The molecule has 0 bridgehead atoms. The number of hydrogen-bond acceptors (Lipinski definition) is 1. The molecule has 0 atom stereocenters. The molecule has 0 heterocycles. The maximum absolute atomic E-state index is 10.4. The van der Waals surface area contributed by atoms with Crippen LogP contribution >= 0.6 is 31.9 Å². The second-order valence-electron chi connectivity index (χ2n) is 4.71. The number of phenols is 1. The Labute approximate surface area is 134 Å². The van der Waals surface area contributed by atoms with Gasteiger partial charge >= 0.3 is 0 Å². The van der Waals surface area contributed by atoms with Crippen LogP contribution in [0, 0.1) is 6.92 Å². The smallest absolute Gasteiger partial charge is 0.124 e. The monoisotopic (exact) mass is 390 g/mol. The Hall–Kier alpha value is -1.32. The van der Waals surface area contributed by atoms with Crippen molar-refractivity contribution in [1.29, 1.82) is 0 Å². The van der Waals surface area contributed by atoms with Crippen LogP contribution < -0.4 is 0 Å². The van der Waals surface area contributed by atoms with Crippen LogP contribution in [-0.4, -0.2) is 5.11 Å². The lowest BCUT2D eigenvalue weighted by Crippen LogP contribution is -1.89. The van der Waals surface area contributed by atoms with Gasteiger partial charge in [-0.3, -0.25) is 0 Å². The Morgan fingerprint density at radius 2 is 1.50 bits per heavy atom. The molecule has 1 nitrogen and oxygen atoms in total. The molecule has 1 N–H and O–H groups in total. The fourth-order valence-electron chi connectivity index (χ4n) is 2.48. The van der Waals surface area contributed by atoms with E-state index in [1.54, 1.807) is 6.07 Å². The van der Waals surface area contributed by atoms with Gasteiger partial charge in [0.2, 0.25) is 0 Å². The highest BCUT2D eigenvalue weighted by molar-refractivity contribution is 9.11. The molecule has 0 radical (unpaired) electrons. The highest BCUT2D eigenvalue weighted by Crippen LogP contribution is 2.43. The molecule has 0 aliphatic heterocycles. The van der Waals surface area contributed by atoms with Crippen LogP contribution in [0.25, 0.3) is 21.9 Å². The molecular formula is C17H12Br2O. The number of aromatic hydroxyl groups is 1. The average Bonchev–Trinajstić information content (AvgIpc) is 2.45. The maximum Gasteiger partial charge on any atom is 0.124 e. The average molecular weight is 392 g/mol. The number of rotatable bonds is 1. The maximum atomic E-state index is 10.4. The van der Waals surface area contributed by atoms with Gasteiger partial charge in [0.05, 0.1) is 0 Å². The summed E-state index contributed by atoms with van der Waals surface area (Å²) in [4.78, 5) is 0. The SMILES string of the molecule is Cc1c(Br)ccc(Br)c1-c1c(O)ccc2ccccc12. The van der Waals surface area contributed by atoms with Crippen LogP contribution in [-0.2, 0) is 0 Å². The van der Waals surface area contributed by atoms with Crippen molar-refractivity contribution in [2.45, 2.75) is 6.92 Å².